The molecule has 0 fully saturated rings. The number of hydrogen-bond donors (Lipinski definition) is 1. The van der Waals surface area contributed by atoms with Gasteiger partial charge in [0.2, 0.25) is 0 Å². The topological polar surface area (TPSA) is 59.4 Å². The highest BCUT2D eigenvalue weighted by atomic mass is 32.1. The summed E-state index contributed by atoms with van der Waals surface area (Å²) >= 11 is 2.69. The van der Waals surface area contributed by atoms with Gasteiger partial charge in [0.15, 0.2) is 4.88 Å². The molecular formula is C13H15NO3S2. The molecule has 4 nitrogen and oxygen atoms in total. The van der Waals surface area contributed by atoms with E-state index in [1.807, 2.05) is 5.38 Å². The van der Waals surface area contributed by atoms with E-state index in [1.165, 1.54) is 11.3 Å². The highest BCUT2D eigenvalue weighted by Gasteiger charge is 2.18. The number of aromatic nitrogens is 1. The Labute approximate surface area is 119 Å². The van der Waals surface area contributed by atoms with Gasteiger partial charge in [0.05, 0.1) is 5.69 Å². The Hall–Kier alpha value is -1.40. The summed E-state index contributed by atoms with van der Waals surface area (Å²) in [4.78, 5) is 15.7. The fourth-order valence-corrected chi connectivity index (χ4v) is 3.03. The number of aromatic carboxylic acids is 1. The summed E-state index contributed by atoms with van der Waals surface area (Å²) in [5, 5.41) is 13.6. The van der Waals surface area contributed by atoms with Crippen LogP contribution >= 0.6 is 22.7 Å². The number of hydrogen-bond acceptors (Lipinski definition) is 5. The summed E-state index contributed by atoms with van der Waals surface area (Å²) in [5.41, 5.74) is 1.04. The molecule has 0 atom stereocenters. The highest BCUT2D eigenvalue weighted by molar-refractivity contribution is 7.12. The zero-order chi connectivity index (χ0) is 14.0. The first kappa shape index (κ1) is 14.0. The molecule has 0 aliphatic rings. The molecule has 2 heterocycles. The normalized spacial score (nSPS) is 11.5. The van der Waals surface area contributed by atoms with E-state index in [1.54, 1.807) is 11.4 Å². The van der Waals surface area contributed by atoms with Gasteiger partial charge in [-0.1, -0.05) is 20.8 Å². The minimum Gasteiger partial charge on any atom is -0.485 e. The van der Waals surface area contributed by atoms with Gasteiger partial charge in [-0.2, -0.15) is 0 Å². The molecule has 0 bridgehead atoms. The standard InChI is InChI=1S/C13H15NO3S2/c1-13(2,3)9-7-19-10(14-9)6-17-8-4-5-18-11(8)12(15)16/h4-5,7H,6H2,1-3H3,(H,15,16). The van der Waals surface area contributed by atoms with Crippen molar-refractivity contribution in [3.05, 3.63) is 32.4 Å². The lowest BCUT2D eigenvalue weighted by Crippen LogP contribution is -2.11. The molecular weight excluding hydrogens is 282 g/mol. The van der Waals surface area contributed by atoms with E-state index >= 15 is 0 Å². The van der Waals surface area contributed by atoms with Crippen LogP contribution in [-0.2, 0) is 12.0 Å². The molecule has 2 rings (SSSR count). The van der Waals surface area contributed by atoms with Crippen molar-refractivity contribution < 1.29 is 14.6 Å². The highest BCUT2D eigenvalue weighted by Crippen LogP contribution is 2.27. The molecule has 0 saturated heterocycles. The molecule has 2 aromatic heterocycles. The first-order chi connectivity index (χ1) is 8.88. The van der Waals surface area contributed by atoms with Crippen molar-refractivity contribution in [2.45, 2.75) is 32.8 Å². The predicted molar refractivity (Wildman–Crippen MR) is 76.4 cm³/mol. The SMILES string of the molecule is CC(C)(C)c1csc(COc2ccsc2C(=O)O)n1. The molecule has 102 valence electrons. The third kappa shape index (κ3) is 3.33. The van der Waals surface area contributed by atoms with Gasteiger partial charge in [-0.3, -0.25) is 0 Å². The number of thiophene rings is 1. The van der Waals surface area contributed by atoms with Crippen LogP contribution in [0.25, 0.3) is 0 Å². The average molecular weight is 297 g/mol. The number of carboxylic acid groups (broad SMARTS) is 1. The number of ether oxygens (including phenoxy) is 1. The van der Waals surface area contributed by atoms with Crippen molar-refractivity contribution in [1.29, 1.82) is 0 Å². The van der Waals surface area contributed by atoms with E-state index < -0.39 is 5.97 Å². The van der Waals surface area contributed by atoms with Crippen LogP contribution in [0.15, 0.2) is 16.8 Å². The van der Waals surface area contributed by atoms with Crippen molar-refractivity contribution >= 4 is 28.6 Å². The average Bonchev–Trinajstić information content (AvgIpc) is 2.94. The molecule has 0 spiro atoms. The van der Waals surface area contributed by atoms with Crippen LogP contribution < -0.4 is 4.74 Å². The van der Waals surface area contributed by atoms with Gasteiger partial charge in [0.1, 0.15) is 17.4 Å². The number of carbonyl (C=O) groups is 1. The summed E-state index contributed by atoms with van der Waals surface area (Å²) in [7, 11) is 0. The van der Waals surface area contributed by atoms with Crippen molar-refractivity contribution in [2.24, 2.45) is 0 Å². The number of nitrogens with zero attached hydrogens (tertiary/aromatic N) is 1. The largest absolute Gasteiger partial charge is 0.485 e. The molecule has 19 heavy (non-hydrogen) atoms. The molecule has 0 radical (unpaired) electrons. The molecule has 0 aliphatic carbocycles. The molecule has 6 heteroatoms. The molecule has 0 aliphatic heterocycles. The zero-order valence-electron chi connectivity index (χ0n) is 11.0. The van der Waals surface area contributed by atoms with Crippen LogP contribution in [-0.4, -0.2) is 16.1 Å². The Morgan fingerprint density at radius 1 is 1.42 bits per heavy atom. The molecule has 0 unspecified atom stereocenters. The second-order valence-electron chi connectivity index (χ2n) is 5.08. The van der Waals surface area contributed by atoms with Crippen LogP contribution in [0.1, 0.15) is 41.1 Å². The summed E-state index contributed by atoms with van der Waals surface area (Å²) in [6.45, 7) is 6.62. The smallest absolute Gasteiger partial charge is 0.349 e. The lowest BCUT2D eigenvalue weighted by molar-refractivity contribution is 0.0697. The van der Waals surface area contributed by atoms with E-state index in [4.69, 9.17) is 9.84 Å². The van der Waals surface area contributed by atoms with Crippen molar-refractivity contribution in [1.82, 2.24) is 4.98 Å². The quantitative estimate of drug-likeness (QED) is 0.933. The van der Waals surface area contributed by atoms with Crippen LogP contribution in [0.3, 0.4) is 0 Å². The lowest BCUT2D eigenvalue weighted by Gasteiger charge is -2.14. The number of rotatable bonds is 4. The lowest BCUT2D eigenvalue weighted by atomic mass is 9.93. The van der Waals surface area contributed by atoms with E-state index in [9.17, 15) is 4.79 Å². The van der Waals surface area contributed by atoms with E-state index in [0.29, 0.717) is 12.4 Å². The first-order valence-electron chi connectivity index (χ1n) is 5.76. The van der Waals surface area contributed by atoms with Crippen molar-refractivity contribution in [3.8, 4) is 5.75 Å². The molecule has 2 aromatic rings. The van der Waals surface area contributed by atoms with Gasteiger partial charge in [-0.15, -0.1) is 22.7 Å². The van der Waals surface area contributed by atoms with Gasteiger partial charge in [-0.25, -0.2) is 9.78 Å². The predicted octanol–water partition coefficient (Wildman–Crippen LogP) is 3.78. The minimum absolute atomic E-state index is 0.0172. The fraction of sp³-hybridized carbons (Fsp3) is 0.385. The number of thiazole rings is 1. The molecule has 0 amide bonds. The zero-order valence-corrected chi connectivity index (χ0v) is 12.6. The van der Waals surface area contributed by atoms with Gasteiger partial charge in [0.25, 0.3) is 0 Å². The van der Waals surface area contributed by atoms with E-state index in [0.717, 1.165) is 22.0 Å². The van der Waals surface area contributed by atoms with Gasteiger partial charge >= 0.3 is 5.97 Å². The van der Waals surface area contributed by atoms with Crippen molar-refractivity contribution in [2.75, 3.05) is 0 Å². The van der Waals surface area contributed by atoms with Crippen LogP contribution in [0, 0.1) is 0 Å². The Bertz CT molecular complexity index is 581. The molecule has 1 N–H and O–H groups in total. The molecule has 0 aromatic carbocycles. The number of carboxylic acids is 1. The second-order valence-corrected chi connectivity index (χ2v) is 6.94. The maximum atomic E-state index is 10.9. The monoisotopic (exact) mass is 297 g/mol. The second kappa shape index (κ2) is 5.30. The summed E-state index contributed by atoms with van der Waals surface area (Å²) in [5.74, 6) is -0.551. The van der Waals surface area contributed by atoms with Gasteiger partial charge in [-0.05, 0) is 11.4 Å². The molecule has 0 saturated carbocycles. The Morgan fingerprint density at radius 2 is 2.16 bits per heavy atom. The van der Waals surface area contributed by atoms with Gasteiger partial charge in [0, 0.05) is 10.8 Å². The third-order valence-corrected chi connectivity index (χ3v) is 4.20. The minimum atomic E-state index is -0.959. The Morgan fingerprint density at radius 3 is 2.74 bits per heavy atom. The summed E-state index contributed by atoms with van der Waals surface area (Å²) in [6, 6.07) is 1.67. The maximum absolute atomic E-state index is 10.9. The van der Waals surface area contributed by atoms with Gasteiger partial charge < -0.3 is 9.84 Å². The Kier molecular flexibility index (Phi) is 3.91. The summed E-state index contributed by atoms with van der Waals surface area (Å²) < 4.78 is 5.53. The fourth-order valence-electron chi connectivity index (χ4n) is 1.43. The van der Waals surface area contributed by atoms with Crippen molar-refractivity contribution in [3.63, 3.8) is 0 Å². The summed E-state index contributed by atoms with van der Waals surface area (Å²) in [6.07, 6.45) is 0. The van der Waals surface area contributed by atoms with Crippen LogP contribution in [0.5, 0.6) is 5.75 Å². The van der Waals surface area contributed by atoms with Crippen LogP contribution in [0.4, 0.5) is 0 Å². The maximum Gasteiger partial charge on any atom is 0.349 e. The third-order valence-electron chi connectivity index (χ3n) is 2.49. The first-order valence-corrected chi connectivity index (χ1v) is 7.52. The van der Waals surface area contributed by atoms with Crippen LogP contribution in [0.2, 0.25) is 0 Å². The van der Waals surface area contributed by atoms with E-state index in [-0.39, 0.29) is 10.3 Å². The Balaban J connectivity index is 2.05. The van der Waals surface area contributed by atoms with E-state index in [2.05, 4.69) is 25.8 Å².